The van der Waals surface area contributed by atoms with Crippen LogP contribution in [0.5, 0.6) is 0 Å². The third-order valence-electron chi connectivity index (χ3n) is 6.69. The zero-order chi connectivity index (χ0) is 23.4. The lowest BCUT2D eigenvalue weighted by molar-refractivity contribution is -0.148. The van der Waals surface area contributed by atoms with Crippen LogP contribution in [0.2, 0.25) is 0 Å². The van der Waals surface area contributed by atoms with E-state index in [0.29, 0.717) is 31.4 Å². The van der Waals surface area contributed by atoms with Crippen LogP contribution in [-0.4, -0.2) is 51.5 Å². The maximum atomic E-state index is 15.1. The van der Waals surface area contributed by atoms with Gasteiger partial charge in [0, 0.05) is 31.5 Å². The van der Waals surface area contributed by atoms with Crippen molar-refractivity contribution in [1.82, 2.24) is 15.1 Å². The van der Waals surface area contributed by atoms with Gasteiger partial charge in [-0.05, 0) is 38.7 Å². The summed E-state index contributed by atoms with van der Waals surface area (Å²) in [6.07, 6.45) is 4.21. The minimum absolute atomic E-state index is 0.117. The summed E-state index contributed by atoms with van der Waals surface area (Å²) in [5, 5.41) is 6.63. The first-order valence-electron chi connectivity index (χ1n) is 11.4. The van der Waals surface area contributed by atoms with Crippen molar-refractivity contribution in [2.24, 2.45) is 12.5 Å². The van der Waals surface area contributed by atoms with Gasteiger partial charge in [0.15, 0.2) is 5.78 Å². The number of amides is 1. The number of carbonyl (C=O) groups excluding carboxylic acids is 4. The molecule has 0 bridgehead atoms. The Kier molecular flexibility index (Phi) is 7.46. The fraction of sp³-hybridized carbons (Fsp3) is 0.696. The first-order chi connectivity index (χ1) is 15.2. The molecule has 2 aliphatic rings. The Morgan fingerprint density at radius 2 is 1.88 bits per heavy atom. The number of ether oxygens (including phenoxy) is 1. The summed E-state index contributed by atoms with van der Waals surface area (Å²) in [5.74, 6) is -1.59. The second-order valence-corrected chi connectivity index (χ2v) is 9.17. The average Bonchev–Trinajstić information content (AvgIpc) is 3.31. The fourth-order valence-electron chi connectivity index (χ4n) is 4.78. The third kappa shape index (κ3) is 5.61. The zero-order valence-corrected chi connectivity index (χ0v) is 18.8. The molecule has 1 aromatic heterocycles. The molecule has 1 aromatic rings. The molecule has 0 aromatic carbocycles. The highest BCUT2D eigenvalue weighted by Gasteiger charge is 2.49. The summed E-state index contributed by atoms with van der Waals surface area (Å²) in [7, 11) is 1.72. The predicted molar refractivity (Wildman–Crippen MR) is 114 cm³/mol. The van der Waals surface area contributed by atoms with Crippen molar-refractivity contribution in [1.29, 1.82) is 0 Å². The molecule has 2 saturated carbocycles. The average molecular weight is 450 g/mol. The summed E-state index contributed by atoms with van der Waals surface area (Å²) in [6, 6.07) is 0.582. The quantitative estimate of drug-likeness (QED) is 0.521. The Bertz CT molecular complexity index is 871. The number of nitrogens with one attached hydrogen (secondary N) is 1. The topological polar surface area (TPSA) is 107 Å². The second kappa shape index (κ2) is 9.92. The van der Waals surface area contributed by atoms with Crippen LogP contribution in [0.1, 0.15) is 70.4 Å². The first kappa shape index (κ1) is 24.1. The molecule has 1 atom stereocenters. The van der Waals surface area contributed by atoms with Crippen LogP contribution in [0, 0.1) is 5.41 Å². The molecule has 0 unspecified atom stereocenters. The minimum atomic E-state index is -1.52. The number of ketones is 3. The van der Waals surface area contributed by atoms with E-state index in [1.807, 2.05) is 0 Å². The molecule has 0 saturated heterocycles. The standard InChI is InChI=1S/C23H32FN3O5/c1-3-32-21(31)25-17(14-23(24)10-4-5-11-23)19(29)15-22(8-6-9-22)20(30)18(28)13-16-7-12-27(2)26-16/h7,12,17H,3-6,8-11,13-15H2,1-2H3,(H,25,31)/t17-/m0/s1. The van der Waals surface area contributed by atoms with Crippen molar-refractivity contribution in [2.45, 2.75) is 82.8 Å². The van der Waals surface area contributed by atoms with Crippen molar-refractivity contribution in [3.63, 3.8) is 0 Å². The van der Waals surface area contributed by atoms with Crippen molar-refractivity contribution in [3.8, 4) is 0 Å². The van der Waals surface area contributed by atoms with Crippen LogP contribution in [0.25, 0.3) is 0 Å². The number of nitrogens with zero attached hydrogens (tertiary/aromatic N) is 2. The summed E-state index contributed by atoms with van der Waals surface area (Å²) in [5.41, 5.74) is -2.10. The Morgan fingerprint density at radius 3 is 2.41 bits per heavy atom. The molecule has 9 heteroatoms. The molecule has 1 amide bonds. The molecule has 1 N–H and O–H groups in total. The van der Waals surface area contributed by atoms with E-state index in [4.69, 9.17) is 4.74 Å². The van der Waals surface area contributed by atoms with E-state index in [9.17, 15) is 19.2 Å². The number of halogens is 1. The van der Waals surface area contributed by atoms with Crippen molar-refractivity contribution < 1.29 is 28.3 Å². The molecule has 32 heavy (non-hydrogen) atoms. The largest absolute Gasteiger partial charge is 0.450 e. The number of aromatic nitrogens is 2. The number of hydrogen-bond donors (Lipinski definition) is 1. The van der Waals surface area contributed by atoms with Gasteiger partial charge in [-0.2, -0.15) is 5.10 Å². The molecular formula is C23H32FN3O5. The van der Waals surface area contributed by atoms with Crippen LogP contribution < -0.4 is 5.32 Å². The van der Waals surface area contributed by atoms with Gasteiger partial charge in [0.2, 0.25) is 11.6 Å². The Balaban J connectivity index is 1.70. The number of carbonyl (C=O) groups is 4. The molecule has 2 aliphatic carbocycles. The van der Waals surface area contributed by atoms with Crippen LogP contribution in [0.3, 0.4) is 0 Å². The second-order valence-electron chi connectivity index (χ2n) is 9.17. The predicted octanol–water partition coefficient (Wildman–Crippen LogP) is 3.02. The third-order valence-corrected chi connectivity index (χ3v) is 6.69. The summed E-state index contributed by atoms with van der Waals surface area (Å²) in [6.45, 7) is 1.76. The molecule has 3 rings (SSSR count). The van der Waals surface area contributed by atoms with Crippen LogP contribution in [-0.2, 0) is 32.6 Å². The SMILES string of the molecule is CCOC(=O)N[C@@H](CC1(F)CCCC1)C(=O)CC1(C(=O)C(=O)Cc2ccn(C)n2)CCC1. The van der Waals surface area contributed by atoms with E-state index >= 15 is 4.39 Å². The lowest BCUT2D eigenvalue weighted by atomic mass is 9.61. The van der Waals surface area contributed by atoms with Crippen molar-refractivity contribution in [2.75, 3.05) is 6.61 Å². The number of rotatable bonds is 11. The number of alkyl halides is 1. The Labute approximate surface area is 187 Å². The van der Waals surface area contributed by atoms with E-state index in [1.165, 1.54) is 0 Å². The molecule has 0 radical (unpaired) electrons. The van der Waals surface area contributed by atoms with Gasteiger partial charge >= 0.3 is 6.09 Å². The molecular weight excluding hydrogens is 417 g/mol. The van der Waals surface area contributed by atoms with Gasteiger partial charge in [0.25, 0.3) is 0 Å². The Morgan fingerprint density at radius 1 is 1.19 bits per heavy atom. The van der Waals surface area contributed by atoms with E-state index < -0.39 is 40.6 Å². The van der Waals surface area contributed by atoms with E-state index in [0.717, 1.165) is 19.3 Å². The van der Waals surface area contributed by atoms with Gasteiger partial charge in [0.05, 0.1) is 24.8 Å². The van der Waals surface area contributed by atoms with Crippen LogP contribution in [0.15, 0.2) is 12.3 Å². The minimum Gasteiger partial charge on any atom is -0.450 e. The first-order valence-corrected chi connectivity index (χ1v) is 11.4. The van der Waals surface area contributed by atoms with E-state index in [1.54, 1.807) is 30.9 Å². The molecule has 0 spiro atoms. The highest BCUT2D eigenvalue weighted by Crippen LogP contribution is 2.46. The highest BCUT2D eigenvalue weighted by molar-refractivity contribution is 6.40. The summed E-state index contributed by atoms with van der Waals surface area (Å²) >= 11 is 0. The van der Waals surface area contributed by atoms with Crippen molar-refractivity contribution >= 4 is 23.4 Å². The maximum Gasteiger partial charge on any atom is 0.407 e. The Hall–Kier alpha value is -2.58. The number of alkyl carbamates (subject to hydrolysis) is 1. The number of hydrogen-bond acceptors (Lipinski definition) is 6. The molecule has 0 aliphatic heterocycles. The number of aryl methyl sites for hydroxylation is 1. The maximum absolute atomic E-state index is 15.1. The molecule has 8 nitrogen and oxygen atoms in total. The summed E-state index contributed by atoms with van der Waals surface area (Å²) in [4.78, 5) is 50.9. The molecule has 2 fully saturated rings. The van der Waals surface area contributed by atoms with E-state index in [2.05, 4.69) is 10.4 Å². The van der Waals surface area contributed by atoms with Gasteiger partial charge in [-0.15, -0.1) is 0 Å². The number of Topliss-reactive ketones (excluding diaryl/α,β-unsaturated/α-hetero) is 3. The molecule has 176 valence electrons. The van der Waals surface area contributed by atoms with Gasteiger partial charge in [0.1, 0.15) is 5.67 Å². The van der Waals surface area contributed by atoms with E-state index in [-0.39, 0.29) is 25.9 Å². The smallest absolute Gasteiger partial charge is 0.407 e. The van der Waals surface area contributed by atoms with Crippen molar-refractivity contribution in [3.05, 3.63) is 18.0 Å². The van der Waals surface area contributed by atoms with Gasteiger partial charge in [-0.1, -0.05) is 19.3 Å². The van der Waals surface area contributed by atoms with Crippen LogP contribution >= 0.6 is 0 Å². The lowest BCUT2D eigenvalue weighted by Crippen LogP contribution is -2.50. The fourth-order valence-corrected chi connectivity index (χ4v) is 4.78. The normalized spacial score (nSPS) is 19.6. The summed E-state index contributed by atoms with van der Waals surface area (Å²) < 4.78 is 21.6. The van der Waals surface area contributed by atoms with Gasteiger partial charge < -0.3 is 10.1 Å². The van der Waals surface area contributed by atoms with Gasteiger partial charge in [-0.3, -0.25) is 19.1 Å². The monoisotopic (exact) mass is 449 g/mol. The zero-order valence-electron chi connectivity index (χ0n) is 18.8. The highest BCUT2D eigenvalue weighted by atomic mass is 19.1. The molecule has 1 heterocycles. The lowest BCUT2D eigenvalue weighted by Gasteiger charge is -2.40. The van der Waals surface area contributed by atoms with Crippen LogP contribution in [0.4, 0.5) is 9.18 Å². The van der Waals surface area contributed by atoms with Gasteiger partial charge in [-0.25, -0.2) is 9.18 Å².